The van der Waals surface area contributed by atoms with Gasteiger partial charge >= 0.3 is 5.97 Å². The van der Waals surface area contributed by atoms with Crippen LogP contribution in [0.4, 0.5) is 8.78 Å². The van der Waals surface area contributed by atoms with E-state index in [4.69, 9.17) is 28.9 Å². The molecule has 32 heavy (non-hydrogen) atoms. The third kappa shape index (κ3) is 4.99. The van der Waals surface area contributed by atoms with Crippen LogP contribution in [0.3, 0.4) is 0 Å². The van der Waals surface area contributed by atoms with Crippen LogP contribution in [0.25, 0.3) is 11.1 Å². The number of nitrogens with zero attached hydrogens (tertiary/aromatic N) is 2. The van der Waals surface area contributed by atoms with Gasteiger partial charge in [-0.25, -0.2) is 8.78 Å². The fourth-order valence-electron chi connectivity index (χ4n) is 3.13. The van der Waals surface area contributed by atoms with E-state index in [1.165, 1.54) is 6.92 Å². The van der Waals surface area contributed by atoms with E-state index in [-0.39, 0.29) is 34.2 Å². The van der Waals surface area contributed by atoms with Gasteiger partial charge in [0.05, 0.1) is 24.3 Å². The normalized spacial score (nSPS) is 13.4. The van der Waals surface area contributed by atoms with Crippen LogP contribution in [-0.4, -0.2) is 29.7 Å². The molecule has 0 aliphatic heterocycles. The number of carbonyl (C=O) groups is 2. The Morgan fingerprint density at radius 2 is 1.91 bits per heavy atom. The maximum absolute atomic E-state index is 14.9. The molecule has 165 valence electrons. The van der Waals surface area contributed by atoms with Gasteiger partial charge in [0, 0.05) is 23.1 Å². The van der Waals surface area contributed by atoms with E-state index in [9.17, 15) is 28.9 Å². The molecule has 0 aromatic heterocycles. The molecule has 0 saturated carbocycles. The number of ether oxygens (including phenoxy) is 1. The van der Waals surface area contributed by atoms with Crippen LogP contribution >= 0.6 is 23.2 Å². The van der Waals surface area contributed by atoms with E-state index < -0.39 is 45.7 Å². The van der Waals surface area contributed by atoms with Crippen molar-refractivity contribution in [2.45, 2.75) is 30.0 Å². The molecule has 2 aromatic rings. The Morgan fingerprint density at radius 1 is 1.25 bits per heavy atom. The van der Waals surface area contributed by atoms with Crippen molar-refractivity contribution in [2.24, 2.45) is 5.73 Å². The van der Waals surface area contributed by atoms with E-state index in [0.717, 1.165) is 25.3 Å². The number of halogens is 4. The molecule has 0 bridgehead atoms. The van der Waals surface area contributed by atoms with Gasteiger partial charge in [-0.2, -0.15) is 10.5 Å². The number of primary amides is 1. The summed E-state index contributed by atoms with van der Waals surface area (Å²) >= 11 is 12.0. The standard InChI is InChI=1S/C22H16Cl2F2N3O3/c1-10(20(24)22(31)32-2)13-7-14(18(26)6-12(13)8-27)19-15(9-28)11(3-4-17(19)25)5-16(23)21(29)30/h3,6-7,10,16,20H,5H2,1-2H3,(H2,29,30). The Balaban J connectivity index is 2.75. The first-order chi connectivity index (χ1) is 15.1. The lowest BCUT2D eigenvalue weighted by molar-refractivity contribution is -0.140. The highest BCUT2D eigenvalue weighted by molar-refractivity contribution is 6.31. The molecule has 1 radical (unpaired) electrons. The number of nitrogens with two attached hydrogens (primary N) is 1. The Morgan fingerprint density at radius 3 is 2.44 bits per heavy atom. The van der Waals surface area contributed by atoms with Gasteiger partial charge in [0.1, 0.15) is 28.5 Å². The average molecular weight is 479 g/mol. The topological polar surface area (TPSA) is 117 Å². The SMILES string of the molecule is COC(=O)C(Cl)C(C)c1cc(-c2c(F)[c]cc(CC(Cl)C(N)=O)c2C#N)c(F)cc1C#N. The summed E-state index contributed by atoms with van der Waals surface area (Å²) in [7, 11) is 1.14. The number of nitriles is 2. The molecule has 10 heteroatoms. The third-order valence-electron chi connectivity index (χ3n) is 4.87. The molecule has 0 heterocycles. The molecular formula is C22H16Cl2F2N3O3. The van der Waals surface area contributed by atoms with Gasteiger partial charge in [-0.15, -0.1) is 23.2 Å². The molecule has 3 unspecified atom stereocenters. The molecular weight excluding hydrogens is 463 g/mol. The van der Waals surface area contributed by atoms with Gasteiger partial charge in [-0.05, 0) is 35.7 Å². The van der Waals surface area contributed by atoms with Crippen molar-refractivity contribution in [2.75, 3.05) is 7.11 Å². The number of methoxy groups -OCH3 is 1. The summed E-state index contributed by atoms with van der Waals surface area (Å²) in [6, 6.07) is 9.04. The second-order valence-corrected chi connectivity index (χ2v) is 7.81. The Kier molecular flexibility index (Phi) is 8.15. The van der Waals surface area contributed by atoms with Crippen molar-refractivity contribution in [3.63, 3.8) is 0 Å². The molecule has 0 saturated heterocycles. The van der Waals surface area contributed by atoms with Crippen LogP contribution in [-0.2, 0) is 20.7 Å². The van der Waals surface area contributed by atoms with Gasteiger partial charge in [0.25, 0.3) is 0 Å². The van der Waals surface area contributed by atoms with Crippen molar-refractivity contribution in [1.82, 2.24) is 0 Å². The zero-order chi connectivity index (χ0) is 24.2. The summed E-state index contributed by atoms with van der Waals surface area (Å²) < 4.78 is 34.3. The molecule has 2 rings (SSSR count). The lowest BCUT2D eigenvalue weighted by atomic mass is 9.87. The first kappa shape index (κ1) is 25.1. The molecule has 0 aliphatic rings. The van der Waals surface area contributed by atoms with Crippen LogP contribution in [0.15, 0.2) is 18.2 Å². The van der Waals surface area contributed by atoms with Crippen LogP contribution in [0.1, 0.15) is 35.1 Å². The molecule has 0 aliphatic carbocycles. The fraction of sp³-hybridized carbons (Fsp3) is 0.273. The molecule has 0 fully saturated rings. The molecule has 1 amide bonds. The fourth-order valence-corrected chi connectivity index (χ4v) is 3.52. The number of carbonyl (C=O) groups excluding carboxylic acids is 2. The second kappa shape index (κ2) is 10.4. The Labute approximate surface area is 193 Å². The molecule has 2 N–H and O–H groups in total. The number of rotatable bonds is 7. The molecule has 2 aromatic carbocycles. The van der Waals surface area contributed by atoms with Crippen molar-refractivity contribution in [3.8, 4) is 23.3 Å². The largest absolute Gasteiger partial charge is 0.468 e. The van der Waals surface area contributed by atoms with Crippen LogP contribution in [0.5, 0.6) is 0 Å². The predicted octanol–water partition coefficient (Wildman–Crippen LogP) is 3.69. The van der Waals surface area contributed by atoms with Crippen molar-refractivity contribution >= 4 is 35.1 Å². The summed E-state index contributed by atoms with van der Waals surface area (Å²) in [4.78, 5) is 23.1. The zero-order valence-electron chi connectivity index (χ0n) is 16.9. The van der Waals surface area contributed by atoms with Crippen molar-refractivity contribution < 1.29 is 23.1 Å². The molecule has 3 atom stereocenters. The maximum atomic E-state index is 14.9. The molecule has 6 nitrogen and oxygen atoms in total. The van der Waals surface area contributed by atoms with Crippen LogP contribution < -0.4 is 5.73 Å². The lowest BCUT2D eigenvalue weighted by Gasteiger charge is -2.20. The highest BCUT2D eigenvalue weighted by atomic mass is 35.5. The van der Waals surface area contributed by atoms with E-state index >= 15 is 0 Å². The van der Waals surface area contributed by atoms with Crippen LogP contribution in [0.2, 0.25) is 0 Å². The minimum atomic E-state index is -1.21. The van der Waals surface area contributed by atoms with E-state index in [2.05, 4.69) is 10.8 Å². The number of hydrogen-bond donors (Lipinski definition) is 1. The molecule has 0 spiro atoms. The smallest absolute Gasteiger partial charge is 0.324 e. The van der Waals surface area contributed by atoms with Gasteiger partial charge < -0.3 is 10.5 Å². The van der Waals surface area contributed by atoms with Crippen molar-refractivity contribution in [3.05, 3.63) is 58.2 Å². The quantitative estimate of drug-likeness (QED) is 0.480. The van der Waals surface area contributed by atoms with E-state index in [1.807, 2.05) is 6.07 Å². The number of benzene rings is 2. The van der Waals surface area contributed by atoms with Gasteiger partial charge in [-0.1, -0.05) is 6.92 Å². The summed E-state index contributed by atoms with van der Waals surface area (Å²) in [5.41, 5.74) is 4.25. The lowest BCUT2D eigenvalue weighted by Crippen LogP contribution is -2.25. The van der Waals surface area contributed by atoms with Gasteiger partial charge in [0.2, 0.25) is 5.91 Å². The van der Waals surface area contributed by atoms with Gasteiger partial charge in [0.15, 0.2) is 0 Å². The number of esters is 1. The Hall–Kier alpha value is -3.20. The minimum Gasteiger partial charge on any atom is -0.468 e. The first-order valence-corrected chi connectivity index (χ1v) is 9.96. The van der Waals surface area contributed by atoms with E-state index in [1.54, 1.807) is 6.07 Å². The van der Waals surface area contributed by atoms with E-state index in [0.29, 0.717) is 0 Å². The number of hydrogen-bond acceptors (Lipinski definition) is 5. The van der Waals surface area contributed by atoms with Crippen molar-refractivity contribution in [1.29, 1.82) is 10.5 Å². The van der Waals surface area contributed by atoms with Crippen LogP contribution in [0, 0.1) is 40.4 Å². The maximum Gasteiger partial charge on any atom is 0.324 e. The monoisotopic (exact) mass is 478 g/mol. The second-order valence-electron chi connectivity index (χ2n) is 6.81. The average Bonchev–Trinajstić information content (AvgIpc) is 2.78. The van der Waals surface area contributed by atoms with Gasteiger partial charge in [-0.3, -0.25) is 9.59 Å². The Bertz CT molecular complexity index is 1160. The summed E-state index contributed by atoms with van der Waals surface area (Å²) in [5.74, 6) is -4.46. The summed E-state index contributed by atoms with van der Waals surface area (Å²) in [5, 5.41) is 16.7. The highest BCUT2D eigenvalue weighted by Crippen LogP contribution is 2.36. The summed E-state index contributed by atoms with van der Waals surface area (Å²) in [6.07, 6.45) is -0.211. The first-order valence-electron chi connectivity index (χ1n) is 9.09. The predicted molar refractivity (Wildman–Crippen MR) is 113 cm³/mol. The summed E-state index contributed by atoms with van der Waals surface area (Å²) in [6.45, 7) is 1.52. The number of amides is 1. The highest BCUT2D eigenvalue weighted by Gasteiger charge is 2.29. The zero-order valence-corrected chi connectivity index (χ0v) is 18.4. The number of alkyl halides is 2. The minimum absolute atomic E-state index is 0.123. The third-order valence-corrected chi connectivity index (χ3v) is 5.79.